The maximum Gasteiger partial charge on any atom is 0.162 e. The minimum atomic E-state index is -0.198. The Bertz CT molecular complexity index is 1050. The van der Waals surface area contributed by atoms with Crippen LogP contribution in [-0.4, -0.2) is 65.0 Å². The van der Waals surface area contributed by atoms with Crippen molar-refractivity contribution in [3.8, 4) is 23.0 Å². The van der Waals surface area contributed by atoms with E-state index in [0.29, 0.717) is 17.9 Å². The van der Waals surface area contributed by atoms with Crippen molar-refractivity contribution in [2.45, 2.75) is 25.7 Å². The van der Waals surface area contributed by atoms with E-state index >= 15 is 0 Å². The third kappa shape index (κ3) is 6.85. The number of ketones is 1. The van der Waals surface area contributed by atoms with E-state index in [2.05, 4.69) is 22.5 Å². The molecule has 0 bridgehead atoms. The molecule has 1 aliphatic rings. The average molecular weight is 481 g/mol. The van der Waals surface area contributed by atoms with Crippen LogP contribution in [0.15, 0.2) is 48.0 Å². The first-order valence-corrected chi connectivity index (χ1v) is 11.9. The third-order valence-corrected chi connectivity index (χ3v) is 6.30. The number of Topliss-reactive ketones (excluding diaryl/α,β-unsaturated/α-hetero) is 1. The van der Waals surface area contributed by atoms with E-state index in [1.54, 1.807) is 34.7 Å². The quantitative estimate of drug-likeness (QED) is 0.388. The predicted octanol–water partition coefficient (Wildman–Crippen LogP) is 4.68. The van der Waals surface area contributed by atoms with Gasteiger partial charge in [0.2, 0.25) is 0 Å². The first-order chi connectivity index (χ1) is 17.0. The molecule has 0 saturated heterocycles. The predicted molar refractivity (Wildman–Crippen MR) is 139 cm³/mol. The summed E-state index contributed by atoms with van der Waals surface area (Å²) in [6.07, 6.45) is 6.60. The van der Waals surface area contributed by atoms with Crippen molar-refractivity contribution in [1.29, 1.82) is 0 Å². The minimum absolute atomic E-state index is 0.181. The summed E-state index contributed by atoms with van der Waals surface area (Å²) in [7, 11) is 6.47. The van der Waals surface area contributed by atoms with Crippen LogP contribution in [0.2, 0.25) is 0 Å². The Morgan fingerprint density at radius 1 is 0.971 bits per heavy atom. The van der Waals surface area contributed by atoms with E-state index in [9.17, 15) is 4.79 Å². The molecule has 7 nitrogen and oxygen atoms in total. The second-order valence-electron chi connectivity index (χ2n) is 8.53. The SMILES string of the molecule is C=CCN(CCCC1C=Nc2cc(OC)c(OC)cc2CC1=O)CCc1ccc(OC)c(OC)c1. The van der Waals surface area contributed by atoms with Gasteiger partial charge in [-0.15, -0.1) is 6.58 Å². The molecule has 35 heavy (non-hydrogen) atoms. The molecule has 0 N–H and O–H groups in total. The number of aliphatic imine (C=N–C) groups is 1. The number of benzene rings is 2. The van der Waals surface area contributed by atoms with Gasteiger partial charge in [-0.25, -0.2) is 0 Å². The Morgan fingerprint density at radius 3 is 2.34 bits per heavy atom. The summed E-state index contributed by atoms with van der Waals surface area (Å²) in [6.45, 7) is 6.47. The molecule has 0 amide bonds. The molecular formula is C28H36N2O5. The van der Waals surface area contributed by atoms with Crippen LogP contribution < -0.4 is 18.9 Å². The van der Waals surface area contributed by atoms with Crippen LogP contribution in [0.1, 0.15) is 24.0 Å². The van der Waals surface area contributed by atoms with Gasteiger partial charge in [-0.2, -0.15) is 0 Å². The van der Waals surface area contributed by atoms with Crippen LogP contribution in [0.25, 0.3) is 0 Å². The number of rotatable bonds is 13. The Balaban J connectivity index is 1.57. The molecule has 3 rings (SSSR count). The van der Waals surface area contributed by atoms with Crippen molar-refractivity contribution < 1.29 is 23.7 Å². The fourth-order valence-corrected chi connectivity index (χ4v) is 4.31. The molecule has 0 radical (unpaired) electrons. The number of fused-ring (bicyclic) bond motifs is 1. The van der Waals surface area contributed by atoms with Crippen molar-refractivity contribution in [2.75, 3.05) is 48.1 Å². The van der Waals surface area contributed by atoms with Gasteiger partial charge in [-0.05, 0) is 55.1 Å². The number of hydrogen-bond acceptors (Lipinski definition) is 7. The van der Waals surface area contributed by atoms with Crippen LogP contribution in [0.4, 0.5) is 5.69 Å². The summed E-state index contributed by atoms with van der Waals surface area (Å²) < 4.78 is 21.5. The van der Waals surface area contributed by atoms with Gasteiger partial charge in [-0.1, -0.05) is 12.1 Å². The van der Waals surface area contributed by atoms with Crippen molar-refractivity contribution in [3.63, 3.8) is 0 Å². The van der Waals surface area contributed by atoms with E-state index < -0.39 is 0 Å². The van der Waals surface area contributed by atoms with Crippen LogP contribution in [-0.2, 0) is 17.6 Å². The third-order valence-electron chi connectivity index (χ3n) is 6.30. The standard InChI is InChI=1S/C28H36N2O5/c1-6-12-30(14-11-20-9-10-25(32-2)26(15-20)33-3)13-7-8-21-19-29-23-18-28(35-5)27(34-4)17-22(23)16-24(21)31/h6,9-10,15,17-19,21H,1,7-8,11-14,16H2,2-5H3. The highest BCUT2D eigenvalue weighted by atomic mass is 16.5. The number of hydrogen-bond donors (Lipinski definition) is 0. The molecule has 2 aromatic carbocycles. The van der Waals surface area contributed by atoms with Crippen LogP contribution in [0.5, 0.6) is 23.0 Å². The van der Waals surface area contributed by atoms with Crippen molar-refractivity contribution in [1.82, 2.24) is 4.90 Å². The summed E-state index contributed by atoms with van der Waals surface area (Å²) in [5.41, 5.74) is 2.82. The molecule has 188 valence electrons. The van der Waals surface area contributed by atoms with E-state index in [0.717, 1.165) is 61.6 Å². The maximum absolute atomic E-state index is 12.9. The summed E-state index contributed by atoms with van der Waals surface area (Å²) in [5.74, 6) is 2.68. The number of carbonyl (C=O) groups is 1. The zero-order chi connectivity index (χ0) is 25.2. The topological polar surface area (TPSA) is 69.6 Å². The summed E-state index contributed by atoms with van der Waals surface area (Å²) in [4.78, 5) is 19.9. The smallest absolute Gasteiger partial charge is 0.162 e. The first kappa shape index (κ1) is 26.3. The molecular weight excluding hydrogens is 444 g/mol. The second kappa shape index (κ2) is 13.0. The van der Waals surface area contributed by atoms with Gasteiger partial charge < -0.3 is 18.9 Å². The Kier molecular flexibility index (Phi) is 9.73. The lowest BCUT2D eigenvalue weighted by Gasteiger charge is -2.21. The first-order valence-electron chi connectivity index (χ1n) is 11.9. The van der Waals surface area contributed by atoms with Crippen molar-refractivity contribution in [3.05, 3.63) is 54.1 Å². The van der Waals surface area contributed by atoms with Gasteiger partial charge in [0.25, 0.3) is 0 Å². The van der Waals surface area contributed by atoms with Crippen LogP contribution in [0, 0.1) is 5.92 Å². The van der Waals surface area contributed by atoms with E-state index in [4.69, 9.17) is 18.9 Å². The fourth-order valence-electron chi connectivity index (χ4n) is 4.31. The fraction of sp³-hybridized carbons (Fsp3) is 0.429. The minimum Gasteiger partial charge on any atom is -0.493 e. The molecule has 1 unspecified atom stereocenters. The number of carbonyl (C=O) groups excluding carboxylic acids is 1. The summed E-state index contributed by atoms with van der Waals surface area (Å²) in [5, 5.41) is 0. The molecule has 1 aliphatic heterocycles. The molecule has 0 aromatic heterocycles. The van der Waals surface area contributed by atoms with Gasteiger partial charge in [0.05, 0.1) is 40.0 Å². The van der Waals surface area contributed by atoms with Crippen LogP contribution in [0.3, 0.4) is 0 Å². The highest BCUT2D eigenvalue weighted by Crippen LogP contribution is 2.36. The molecule has 2 aromatic rings. The van der Waals surface area contributed by atoms with Gasteiger partial charge in [0.1, 0.15) is 5.78 Å². The average Bonchev–Trinajstić information content (AvgIpc) is 3.03. The van der Waals surface area contributed by atoms with E-state index in [1.807, 2.05) is 30.3 Å². The molecule has 7 heteroatoms. The van der Waals surface area contributed by atoms with Gasteiger partial charge in [0.15, 0.2) is 23.0 Å². The molecule has 1 atom stereocenters. The van der Waals surface area contributed by atoms with E-state index in [-0.39, 0.29) is 11.7 Å². The Morgan fingerprint density at radius 2 is 1.66 bits per heavy atom. The monoisotopic (exact) mass is 480 g/mol. The number of methoxy groups -OCH3 is 4. The maximum atomic E-state index is 12.9. The highest BCUT2D eigenvalue weighted by Gasteiger charge is 2.23. The molecule has 0 spiro atoms. The van der Waals surface area contributed by atoms with E-state index in [1.165, 1.54) is 5.56 Å². The lowest BCUT2D eigenvalue weighted by molar-refractivity contribution is -0.120. The van der Waals surface area contributed by atoms with Crippen molar-refractivity contribution in [2.24, 2.45) is 10.9 Å². The zero-order valence-electron chi connectivity index (χ0n) is 21.2. The van der Waals surface area contributed by atoms with Crippen molar-refractivity contribution >= 4 is 17.7 Å². The van der Waals surface area contributed by atoms with Gasteiger partial charge in [0, 0.05) is 31.8 Å². The molecule has 0 aliphatic carbocycles. The number of ether oxygens (including phenoxy) is 4. The van der Waals surface area contributed by atoms with Gasteiger partial charge >= 0.3 is 0 Å². The summed E-state index contributed by atoms with van der Waals surface area (Å²) in [6, 6.07) is 9.71. The lowest BCUT2D eigenvalue weighted by Crippen LogP contribution is -2.28. The summed E-state index contributed by atoms with van der Waals surface area (Å²) >= 11 is 0. The highest BCUT2D eigenvalue weighted by molar-refractivity contribution is 5.99. The van der Waals surface area contributed by atoms with Crippen LogP contribution >= 0.6 is 0 Å². The largest absolute Gasteiger partial charge is 0.493 e. The molecule has 0 fully saturated rings. The molecule has 0 saturated carbocycles. The Hall–Kier alpha value is -3.32. The second-order valence-corrected chi connectivity index (χ2v) is 8.53. The molecule has 1 heterocycles. The van der Waals surface area contributed by atoms with Gasteiger partial charge in [-0.3, -0.25) is 14.7 Å². The zero-order valence-corrected chi connectivity index (χ0v) is 21.2. The lowest BCUT2D eigenvalue weighted by atomic mass is 9.95. The number of nitrogens with zero attached hydrogens (tertiary/aromatic N) is 2. The Labute approximate surface area is 208 Å². The normalized spacial score (nSPS) is 14.9.